The molecule has 0 radical (unpaired) electrons. The molecule has 0 saturated carbocycles. The molecule has 0 aromatic heterocycles. The monoisotopic (exact) mass is 417 g/mol. The molecule has 2 aromatic carbocycles. The lowest BCUT2D eigenvalue weighted by Crippen LogP contribution is -2.17. The topological polar surface area (TPSA) is 73.2 Å². The van der Waals surface area contributed by atoms with Gasteiger partial charge < -0.3 is 14.9 Å². The van der Waals surface area contributed by atoms with E-state index < -0.39 is 11.6 Å². The molecule has 0 amide bonds. The third-order valence-corrected chi connectivity index (χ3v) is 5.66. The van der Waals surface area contributed by atoms with Crippen LogP contribution in [0.15, 0.2) is 24.3 Å². The van der Waals surface area contributed by atoms with Crippen molar-refractivity contribution in [2.45, 2.75) is 77.6 Å². The number of phenolic OH excluding ortho intramolecular Hbond substituents is 2. The standard InChI is InChI=1S/C24H32FNO4/c1-2-3-4-5-6-7-8-9-10-11-12-17-13-19-23(15-21(17)27)30-24-16-22(28)18(25)14-20(24)26(19)29/h13-16,27-29H,2-12H2,1H3. The summed E-state index contributed by atoms with van der Waals surface area (Å²) in [7, 11) is 0. The van der Waals surface area contributed by atoms with Gasteiger partial charge in [-0.2, -0.15) is 0 Å². The summed E-state index contributed by atoms with van der Waals surface area (Å²) in [4.78, 5) is 0. The first-order chi connectivity index (χ1) is 14.5. The van der Waals surface area contributed by atoms with Gasteiger partial charge in [-0.25, -0.2) is 9.45 Å². The number of phenols is 2. The van der Waals surface area contributed by atoms with Crippen LogP contribution < -0.4 is 9.80 Å². The molecule has 0 unspecified atom stereocenters. The van der Waals surface area contributed by atoms with E-state index in [9.17, 15) is 19.8 Å². The zero-order chi connectivity index (χ0) is 21.5. The van der Waals surface area contributed by atoms with Crippen LogP contribution in [0, 0.1) is 5.82 Å². The molecule has 3 rings (SSSR count). The van der Waals surface area contributed by atoms with Crippen LogP contribution in [0.2, 0.25) is 0 Å². The molecule has 1 aliphatic rings. The minimum Gasteiger partial charge on any atom is -0.508 e. The molecule has 5 nitrogen and oxygen atoms in total. The van der Waals surface area contributed by atoms with Crippen molar-refractivity contribution >= 4 is 11.4 Å². The first kappa shape index (κ1) is 22.2. The van der Waals surface area contributed by atoms with Gasteiger partial charge >= 0.3 is 0 Å². The van der Waals surface area contributed by atoms with Crippen molar-refractivity contribution in [2.24, 2.45) is 0 Å². The first-order valence-corrected chi connectivity index (χ1v) is 11.1. The van der Waals surface area contributed by atoms with Crippen LogP contribution in [-0.4, -0.2) is 15.4 Å². The number of halogens is 1. The second kappa shape index (κ2) is 10.5. The number of fused-ring (bicyclic) bond motifs is 2. The summed E-state index contributed by atoms with van der Waals surface area (Å²) in [6.45, 7) is 2.23. The molecule has 0 fully saturated rings. The van der Waals surface area contributed by atoms with Gasteiger partial charge in [0.2, 0.25) is 0 Å². The Labute approximate surface area is 177 Å². The van der Waals surface area contributed by atoms with E-state index >= 15 is 0 Å². The van der Waals surface area contributed by atoms with Crippen LogP contribution in [0.25, 0.3) is 0 Å². The first-order valence-electron chi connectivity index (χ1n) is 11.1. The van der Waals surface area contributed by atoms with E-state index in [1.54, 1.807) is 6.07 Å². The molecular formula is C24H32FNO4. The highest BCUT2D eigenvalue weighted by atomic mass is 19.1. The lowest BCUT2D eigenvalue weighted by molar-refractivity contribution is 0.283. The smallest absolute Gasteiger partial charge is 0.167 e. The van der Waals surface area contributed by atoms with Crippen LogP contribution >= 0.6 is 0 Å². The van der Waals surface area contributed by atoms with Gasteiger partial charge in [-0.15, -0.1) is 0 Å². The second-order valence-electron chi connectivity index (χ2n) is 8.07. The van der Waals surface area contributed by atoms with E-state index in [2.05, 4.69) is 6.92 Å². The quantitative estimate of drug-likeness (QED) is 0.334. The number of anilines is 2. The molecule has 2 aromatic rings. The number of hydrogen-bond donors (Lipinski definition) is 3. The molecule has 0 saturated heterocycles. The average Bonchev–Trinajstić information content (AvgIpc) is 2.72. The fourth-order valence-electron chi connectivity index (χ4n) is 3.88. The third-order valence-electron chi connectivity index (χ3n) is 5.66. The normalized spacial score (nSPS) is 12.4. The number of unbranched alkanes of at least 4 members (excludes halogenated alkanes) is 9. The molecule has 0 bridgehead atoms. The number of rotatable bonds is 11. The van der Waals surface area contributed by atoms with Gasteiger partial charge in [0.1, 0.15) is 17.1 Å². The summed E-state index contributed by atoms with van der Waals surface area (Å²) in [5, 5.41) is 31.2. The number of ether oxygens (including phenoxy) is 1. The zero-order valence-electron chi connectivity index (χ0n) is 17.7. The molecule has 3 N–H and O–H groups in total. The summed E-state index contributed by atoms with van der Waals surface area (Å²) in [6, 6.07) is 5.24. The van der Waals surface area contributed by atoms with Gasteiger partial charge in [0.05, 0.1) is 0 Å². The van der Waals surface area contributed by atoms with E-state index in [1.807, 2.05) is 0 Å². The molecule has 1 heterocycles. The summed E-state index contributed by atoms with van der Waals surface area (Å²) in [5.41, 5.74) is 1.17. The molecule has 6 heteroatoms. The van der Waals surface area contributed by atoms with Crippen molar-refractivity contribution in [1.29, 1.82) is 0 Å². The Kier molecular flexibility index (Phi) is 7.80. The Hall–Kier alpha value is -2.47. The highest BCUT2D eigenvalue weighted by Crippen LogP contribution is 2.49. The largest absolute Gasteiger partial charge is 0.508 e. The number of aryl methyl sites for hydroxylation is 1. The maximum absolute atomic E-state index is 13.7. The van der Waals surface area contributed by atoms with Crippen molar-refractivity contribution < 1.29 is 24.5 Å². The maximum atomic E-state index is 13.7. The number of nitrogens with zero attached hydrogens (tertiary/aromatic N) is 1. The van der Waals surface area contributed by atoms with Crippen LogP contribution in [0.5, 0.6) is 23.0 Å². The van der Waals surface area contributed by atoms with Crippen LogP contribution in [0.1, 0.15) is 76.7 Å². The Balaban J connectivity index is 1.51. The van der Waals surface area contributed by atoms with Crippen molar-refractivity contribution in [3.63, 3.8) is 0 Å². The van der Waals surface area contributed by atoms with E-state index in [4.69, 9.17) is 4.74 Å². The van der Waals surface area contributed by atoms with Gasteiger partial charge in [0.25, 0.3) is 0 Å². The fourth-order valence-corrected chi connectivity index (χ4v) is 3.88. The number of benzene rings is 2. The molecule has 0 atom stereocenters. The van der Waals surface area contributed by atoms with Gasteiger partial charge in [-0.1, -0.05) is 64.7 Å². The molecule has 0 spiro atoms. The predicted molar refractivity (Wildman–Crippen MR) is 116 cm³/mol. The average molecular weight is 418 g/mol. The number of aromatic hydroxyl groups is 2. The Bertz CT molecular complexity index is 856. The highest BCUT2D eigenvalue weighted by Gasteiger charge is 2.27. The van der Waals surface area contributed by atoms with Gasteiger partial charge in [0.15, 0.2) is 23.1 Å². The van der Waals surface area contributed by atoms with E-state index in [1.165, 1.54) is 57.4 Å². The predicted octanol–water partition coefficient (Wildman–Crippen LogP) is 7.33. The Morgan fingerprint density at radius 2 is 1.30 bits per heavy atom. The van der Waals surface area contributed by atoms with E-state index in [0.29, 0.717) is 12.1 Å². The highest BCUT2D eigenvalue weighted by molar-refractivity contribution is 5.78. The lowest BCUT2D eigenvalue weighted by Gasteiger charge is -2.28. The summed E-state index contributed by atoms with van der Waals surface area (Å²) in [5.74, 6) is -0.935. The molecular weight excluding hydrogens is 385 g/mol. The van der Waals surface area contributed by atoms with Crippen LogP contribution in [0.4, 0.5) is 15.8 Å². The minimum atomic E-state index is -0.843. The third kappa shape index (κ3) is 5.36. The van der Waals surface area contributed by atoms with E-state index in [-0.39, 0.29) is 22.9 Å². The second-order valence-corrected chi connectivity index (χ2v) is 8.07. The van der Waals surface area contributed by atoms with Crippen LogP contribution in [-0.2, 0) is 6.42 Å². The van der Waals surface area contributed by atoms with Gasteiger partial charge in [0, 0.05) is 18.2 Å². The molecule has 0 aliphatic carbocycles. The van der Waals surface area contributed by atoms with E-state index in [0.717, 1.165) is 35.6 Å². The molecule has 1 aliphatic heterocycles. The lowest BCUT2D eigenvalue weighted by atomic mass is 10.0. The summed E-state index contributed by atoms with van der Waals surface area (Å²) in [6.07, 6.45) is 13.1. The SMILES string of the molecule is CCCCCCCCCCCCc1cc2c(cc1O)Oc1cc(O)c(F)cc1N2O. The van der Waals surface area contributed by atoms with Gasteiger partial charge in [-0.3, -0.25) is 5.21 Å². The van der Waals surface area contributed by atoms with Crippen molar-refractivity contribution in [3.05, 3.63) is 35.6 Å². The minimum absolute atomic E-state index is 0.104. The fraction of sp³-hybridized carbons (Fsp3) is 0.500. The summed E-state index contributed by atoms with van der Waals surface area (Å²) >= 11 is 0. The number of hydrogen-bond acceptors (Lipinski definition) is 5. The van der Waals surface area contributed by atoms with Crippen LogP contribution in [0.3, 0.4) is 0 Å². The molecule has 30 heavy (non-hydrogen) atoms. The van der Waals surface area contributed by atoms with Gasteiger partial charge in [-0.05, 0) is 24.5 Å². The summed E-state index contributed by atoms with van der Waals surface area (Å²) < 4.78 is 19.3. The zero-order valence-corrected chi connectivity index (χ0v) is 17.7. The van der Waals surface area contributed by atoms with Crippen molar-refractivity contribution in [1.82, 2.24) is 0 Å². The van der Waals surface area contributed by atoms with Crippen molar-refractivity contribution in [2.75, 3.05) is 5.06 Å². The molecule has 164 valence electrons. The maximum Gasteiger partial charge on any atom is 0.167 e. The Morgan fingerprint density at radius 3 is 1.93 bits per heavy atom. The Morgan fingerprint density at radius 1 is 0.767 bits per heavy atom. The van der Waals surface area contributed by atoms with Crippen molar-refractivity contribution in [3.8, 4) is 23.0 Å².